The molecule has 0 aromatic heterocycles. The normalized spacial score (nSPS) is 20.4. The molecule has 130 valence electrons. The van der Waals surface area contributed by atoms with Crippen LogP contribution in [0.4, 0.5) is 10.5 Å². The van der Waals surface area contributed by atoms with Crippen molar-refractivity contribution in [1.29, 1.82) is 5.26 Å². The summed E-state index contributed by atoms with van der Waals surface area (Å²) in [7, 11) is 2.01. The molecule has 0 aliphatic carbocycles. The molecule has 2 atom stereocenters. The molecule has 1 saturated heterocycles. The first-order valence-electron chi connectivity index (χ1n) is 8.42. The maximum Gasteiger partial charge on any atom is 0.319 e. The van der Waals surface area contributed by atoms with Crippen LogP contribution in [0.3, 0.4) is 0 Å². The largest absolute Gasteiger partial charge is 0.375 e. The van der Waals surface area contributed by atoms with Gasteiger partial charge in [0, 0.05) is 30.5 Å². The molecule has 1 aliphatic heterocycles. The van der Waals surface area contributed by atoms with E-state index in [1.165, 1.54) is 0 Å². The summed E-state index contributed by atoms with van der Waals surface area (Å²) in [5, 5.41) is 16.8. The van der Waals surface area contributed by atoms with Crippen LogP contribution >= 0.6 is 0 Å². The molecule has 1 heterocycles. The Bertz CT molecular complexity index is 815. The molecule has 6 nitrogen and oxygen atoms in total. The SMILES string of the molecule is CCO[C@@H]1CN(C)C[C@H]1NC(=O)Nc1ccc(C#N)c2ccccc12. The lowest BCUT2D eigenvalue weighted by Gasteiger charge is -2.20. The van der Waals surface area contributed by atoms with Crippen LogP contribution in [0.1, 0.15) is 12.5 Å². The van der Waals surface area contributed by atoms with Crippen LogP contribution in [0.25, 0.3) is 10.8 Å². The highest BCUT2D eigenvalue weighted by Gasteiger charge is 2.32. The molecular weight excluding hydrogens is 316 g/mol. The third kappa shape index (κ3) is 3.73. The third-order valence-corrected chi connectivity index (χ3v) is 4.44. The van der Waals surface area contributed by atoms with Crippen molar-refractivity contribution < 1.29 is 9.53 Å². The van der Waals surface area contributed by atoms with E-state index in [4.69, 9.17) is 4.74 Å². The predicted octanol–water partition coefficient (Wildman–Crippen LogP) is 2.55. The Morgan fingerprint density at radius 1 is 1.28 bits per heavy atom. The molecule has 6 heteroatoms. The Morgan fingerprint density at radius 2 is 2.04 bits per heavy atom. The van der Waals surface area contributed by atoms with Gasteiger partial charge in [-0.15, -0.1) is 0 Å². The Morgan fingerprint density at radius 3 is 2.76 bits per heavy atom. The Labute approximate surface area is 147 Å². The van der Waals surface area contributed by atoms with E-state index in [1.807, 2.05) is 38.2 Å². The minimum atomic E-state index is -0.264. The molecule has 0 saturated carbocycles. The molecule has 0 bridgehead atoms. The average molecular weight is 338 g/mol. The monoisotopic (exact) mass is 338 g/mol. The summed E-state index contributed by atoms with van der Waals surface area (Å²) in [6.07, 6.45) is -0.00143. The van der Waals surface area contributed by atoms with E-state index >= 15 is 0 Å². The van der Waals surface area contributed by atoms with Gasteiger partial charge >= 0.3 is 6.03 Å². The fourth-order valence-electron chi connectivity index (χ4n) is 3.32. The molecule has 0 radical (unpaired) electrons. The van der Waals surface area contributed by atoms with Gasteiger partial charge in [0.2, 0.25) is 0 Å². The fraction of sp³-hybridized carbons (Fsp3) is 0.368. The van der Waals surface area contributed by atoms with Gasteiger partial charge in [-0.25, -0.2) is 4.79 Å². The summed E-state index contributed by atoms with van der Waals surface area (Å²) in [4.78, 5) is 14.6. The van der Waals surface area contributed by atoms with Crippen molar-refractivity contribution in [2.45, 2.75) is 19.1 Å². The quantitative estimate of drug-likeness (QED) is 0.898. The van der Waals surface area contributed by atoms with Crippen LogP contribution in [-0.2, 0) is 4.74 Å². The molecule has 2 amide bonds. The van der Waals surface area contributed by atoms with E-state index in [1.54, 1.807) is 12.1 Å². The number of hydrogen-bond acceptors (Lipinski definition) is 4. The number of carbonyl (C=O) groups is 1. The first kappa shape index (κ1) is 17.2. The van der Waals surface area contributed by atoms with E-state index in [9.17, 15) is 10.1 Å². The molecule has 25 heavy (non-hydrogen) atoms. The van der Waals surface area contributed by atoms with Gasteiger partial charge in [-0.05, 0) is 26.1 Å². The second-order valence-corrected chi connectivity index (χ2v) is 6.24. The standard InChI is InChI=1S/C19H22N4O2/c1-3-25-18-12-23(2)11-17(18)22-19(24)21-16-9-8-13(10-20)14-6-4-5-7-15(14)16/h4-9,17-18H,3,11-12H2,1-2H3,(H2,21,22,24)/t17-,18-/m1/s1. The fourth-order valence-corrected chi connectivity index (χ4v) is 3.32. The smallest absolute Gasteiger partial charge is 0.319 e. The number of nitrogens with zero attached hydrogens (tertiary/aromatic N) is 2. The first-order valence-corrected chi connectivity index (χ1v) is 8.42. The number of benzene rings is 2. The van der Waals surface area contributed by atoms with Gasteiger partial charge in [0.1, 0.15) is 0 Å². The van der Waals surface area contributed by atoms with Gasteiger partial charge in [-0.3, -0.25) is 0 Å². The number of likely N-dealkylation sites (N-methyl/N-ethyl adjacent to an activating group) is 1. The second-order valence-electron chi connectivity index (χ2n) is 6.24. The minimum absolute atomic E-state index is 0.00143. The number of anilines is 1. The van der Waals surface area contributed by atoms with Crippen molar-refractivity contribution in [3.63, 3.8) is 0 Å². The summed E-state index contributed by atoms with van der Waals surface area (Å²) < 4.78 is 5.72. The van der Waals surface area contributed by atoms with E-state index in [0.29, 0.717) is 17.9 Å². The Hall–Kier alpha value is -2.62. The second kappa shape index (κ2) is 7.51. The summed E-state index contributed by atoms with van der Waals surface area (Å²) in [5.74, 6) is 0. The molecule has 1 fully saturated rings. The number of rotatable bonds is 4. The zero-order chi connectivity index (χ0) is 17.8. The number of ether oxygens (including phenoxy) is 1. The zero-order valence-electron chi connectivity index (χ0n) is 14.5. The molecule has 2 aromatic rings. The van der Waals surface area contributed by atoms with E-state index in [-0.39, 0.29) is 18.2 Å². The summed E-state index contributed by atoms with van der Waals surface area (Å²) >= 11 is 0. The molecule has 0 spiro atoms. The average Bonchev–Trinajstić information content (AvgIpc) is 2.94. The first-order chi connectivity index (χ1) is 12.1. The molecule has 3 rings (SSSR count). The highest BCUT2D eigenvalue weighted by molar-refractivity contribution is 6.03. The number of hydrogen-bond donors (Lipinski definition) is 2. The van der Waals surface area contributed by atoms with Crippen LogP contribution in [-0.4, -0.2) is 49.8 Å². The van der Waals surface area contributed by atoms with Crippen molar-refractivity contribution in [3.05, 3.63) is 42.0 Å². The van der Waals surface area contributed by atoms with E-state index in [0.717, 1.165) is 23.9 Å². The number of fused-ring (bicyclic) bond motifs is 1. The third-order valence-electron chi connectivity index (χ3n) is 4.44. The van der Waals surface area contributed by atoms with Gasteiger partial charge in [-0.2, -0.15) is 5.26 Å². The van der Waals surface area contributed by atoms with Crippen molar-refractivity contribution in [2.75, 3.05) is 32.1 Å². The lowest BCUT2D eigenvalue weighted by Crippen LogP contribution is -2.45. The lowest BCUT2D eigenvalue weighted by molar-refractivity contribution is 0.0568. The van der Waals surface area contributed by atoms with Crippen molar-refractivity contribution in [2.24, 2.45) is 0 Å². The summed E-state index contributed by atoms with van der Waals surface area (Å²) in [6.45, 7) is 4.14. The maximum atomic E-state index is 12.5. The van der Waals surface area contributed by atoms with Crippen molar-refractivity contribution in [1.82, 2.24) is 10.2 Å². The molecule has 2 aromatic carbocycles. The number of urea groups is 1. The van der Waals surface area contributed by atoms with Gasteiger partial charge < -0.3 is 20.3 Å². The predicted molar refractivity (Wildman–Crippen MR) is 97.5 cm³/mol. The highest BCUT2D eigenvalue weighted by atomic mass is 16.5. The number of carbonyl (C=O) groups excluding carboxylic acids is 1. The topological polar surface area (TPSA) is 77.4 Å². The van der Waals surface area contributed by atoms with Crippen LogP contribution in [0, 0.1) is 11.3 Å². The summed E-state index contributed by atoms with van der Waals surface area (Å²) in [5.41, 5.74) is 1.28. The van der Waals surface area contributed by atoms with Gasteiger partial charge in [0.25, 0.3) is 0 Å². The Balaban J connectivity index is 1.76. The number of likely N-dealkylation sites (tertiary alicyclic amines) is 1. The maximum absolute atomic E-state index is 12.5. The van der Waals surface area contributed by atoms with Crippen molar-refractivity contribution >= 4 is 22.5 Å². The number of amides is 2. The zero-order valence-corrected chi connectivity index (χ0v) is 14.5. The van der Waals surface area contributed by atoms with Crippen LogP contribution in [0.15, 0.2) is 36.4 Å². The van der Waals surface area contributed by atoms with Crippen LogP contribution in [0.2, 0.25) is 0 Å². The van der Waals surface area contributed by atoms with Crippen LogP contribution < -0.4 is 10.6 Å². The number of nitriles is 1. The van der Waals surface area contributed by atoms with Gasteiger partial charge in [0.05, 0.1) is 29.5 Å². The van der Waals surface area contributed by atoms with Crippen LogP contribution in [0.5, 0.6) is 0 Å². The molecule has 2 N–H and O–H groups in total. The minimum Gasteiger partial charge on any atom is -0.375 e. The lowest BCUT2D eigenvalue weighted by atomic mass is 10.0. The van der Waals surface area contributed by atoms with Gasteiger partial charge in [-0.1, -0.05) is 24.3 Å². The van der Waals surface area contributed by atoms with Gasteiger partial charge in [0.15, 0.2) is 0 Å². The van der Waals surface area contributed by atoms with Crippen molar-refractivity contribution in [3.8, 4) is 6.07 Å². The molecular formula is C19H22N4O2. The highest BCUT2D eigenvalue weighted by Crippen LogP contribution is 2.26. The Kier molecular flexibility index (Phi) is 5.17. The number of nitrogens with one attached hydrogen (secondary N) is 2. The van der Waals surface area contributed by atoms with E-state index < -0.39 is 0 Å². The van der Waals surface area contributed by atoms with E-state index in [2.05, 4.69) is 21.6 Å². The summed E-state index contributed by atoms with van der Waals surface area (Å²) in [6, 6.07) is 12.9. The molecule has 1 aliphatic rings. The molecule has 0 unspecified atom stereocenters.